The quantitative estimate of drug-likeness (QED) is 0.660. The Bertz CT molecular complexity index is 934. The van der Waals surface area contributed by atoms with Gasteiger partial charge in [-0.15, -0.1) is 11.3 Å². The van der Waals surface area contributed by atoms with Gasteiger partial charge in [0.25, 0.3) is 5.91 Å². The highest BCUT2D eigenvalue weighted by Crippen LogP contribution is 2.26. The highest BCUT2D eigenvalue weighted by molar-refractivity contribution is 7.20. The van der Waals surface area contributed by atoms with E-state index in [0.29, 0.717) is 4.88 Å². The van der Waals surface area contributed by atoms with Crippen LogP contribution in [0, 0.1) is 20.8 Å². The first-order valence-electron chi connectivity index (χ1n) is 8.43. The molecule has 1 heterocycles. The van der Waals surface area contributed by atoms with Crippen LogP contribution in [-0.4, -0.2) is 18.0 Å². The number of esters is 1. The molecule has 0 aliphatic heterocycles. The molecule has 2 aromatic carbocycles. The molecule has 0 aliphatic carbocycles. The molecule has 1 aromatic heterocycles. The largest absolute Gasteiger partial charge is 0.448 e. The maximum absolute atomic E-state index is 12.5. The highest BCUT2D eigenvalue weighted by atomic mass is 32.1. The summed E-state index contributed by atoms with van der Waals surface area (Å²) >= 11 is 1.36. The molecule has 5 heteroatoms. The molecule has 0 spiro atoms. The van der Waals surface area contributed by atoms with Crippen molar-refractivity contribution in [3.05, 3.63) is 64.0 Å². The summed E-state index contributed by atoms with van der Waals surface area (Å²) in [6.07, 6.45) is -0.882. The van der Waals surface area contributed by atoms with Crippen molar-refractivity contribution >= 4 is 39.0 Å². The fraction of sp³-hybridized carbons (Fsp3) is 0.238. The molecular weight excluding hydrogens is 346 g/mol. The van der Waals surface area contributed by atoms with Gasteiger partial charge in [0, 0.05) is 10.4 Å². The van der Waals surface area contributed by atoms with Crippen LogP contribution >= 0.6 is 11.3 Å². The van der Waals surface area contributed by atoms with Crippen molar-refractivity contribution in [2.45, 2.75) is 33.8 Å². The molecule has 0 saturated carbocycles. The molecule has 4 nitrogen and oxygen atoms in total. The summed E-state index contributed by atoms with van der Waals surface area (Å²) in [6, 6.07) is 13.6. The zero-order valence-corrected chi connectivity index (χ0v) is 16.1. The first-order chi connectivity index (χ1) is 12.3. The van der Waals surface area contributed by atoms with Crippen LogP contribution in [0.2, 0.25) is 0 Å². The Hall–Kier alpha value is -2.66. The van der Waals surface area contributed by atoms with E-state index < -0.39 is 12.1 Å². The fourth-order valence-electron chi connectivity index (χ4n) is 2.96. The number of thiophene rings is 1. The molecule has 0 aliphatic rings. The molecule has 0 bridgehead atoms. The number of anilines is 1. The van der Waals surface area contributed by atoms with Gasteiger partial charge in [0.15, 0.2) is 6.10 Å². The maximum Gasteiger partial charge on any atom is 0.349 e. The minimum Gasteiger partial charge on any atom is -0.448 e. The predicted molar refractivity (Wildman–Crippen MR) is 106 cm³/mol. The first kappa shape index (κ1) is 18.1. The summed E-state index contributed by atoms with van der Waals surface area (Å²) in [4.78, 5) is 25.3. The van der Waals surface area contributed by atoms with Gasteiger partial charge in [0.05, 0.1) is 0 Å². The summed E-state index contributed by atoms with van der Waals surface area (Å²) in [5, 5.41) is 3.87. The van der Waals surface area contributed by atoms with Gasteiger partial charge in [-0.2, -0.15) is 0 Å². The number of carbonyl (C=O) groups is 2. The lowest BCUT2D eigenvalue weighted by atomic mass is 10.0. The minimum atomic E-state index is -0.882. The molecule has 1 amide bonds. The Labute approximate surface area is 156 Å². The number of fused-ring (bicyclic) bond motifs is 1. The zero-order chi connectivity index (χ0) is 18.8. The molecule has 3 rings (SSSR count). The highest BCUT2D eigenvalue weighted by Gasteiger charge is 2.21. The van der Waals surface area contributed by atoms with Gasteiger partial charge in [-0.25, -0.2) is 4.79 Å². The second-order valence-corrected chi connectivity index (χ2v) is 7.54. The van der Waals surface area contributed by atoms with Gasteiger partial charge in [0.2, 0.25) is 0 Å². The number of aryl methyl sites for hydroxylation is 3. The summed E-state index contributed by atoms with van der Waals surface area (Å²) in [5.41, 5.74) is 3.88. The molecular formula is C21H21NO3S. The molecule has 0 saturated heterocycles. The molecule has 26 heavy (non-hydrogen) atoms. The van der Waals surface area contributed by atoms with Crippen LogP contribution in [0.5, 0.6) is 0 Å². The number of benzene rings is 2. The third-order valence-corrected chi connectivity index (χ3v) is 5.30. The Kier molecular flexibility index (Phi) is 5.09. The Morgan fingerprint density at radius 2 is 1.69 bits per heavy atom. The lowest BCUT2D eigenvalue weighted by Gasteiger charge is -2.16. The van der Waals surface area contributed by atoms with Crippen LogP contribution in [0.1, 0.15) is 33.3 Å². The first-order valence-corrected chi connectivity index (χ1v) is 9.25. The number of amides is 1. The van der Waals surface area contributed by atoms with Crippen LogP contribution in [0.3, 0.4) is 0 Å². The predicted octanol–water partition coefficient (Wildman–Crippen LogP) is 5.01. The van der Waals surface area contributed by atoms with Gasteiger partial charge >= 0.3 is 5.97 Å². The Morgan fingerprint density at radius 3 is 2.35 bits per heavy atom. The Balaban J connectivity index is 1.70. The molecule has 0 fully saturated rings. The summed E-state index contributed by atoms with van der Waals surface area (Å²) in [5.74, 6) is -0.819. The number of hydrogen-bond donors (Lipinski definition) is 1. The van der Waals surface area contributed by atoms with E-state index in [1.54, 1.807) is 13.0 Å². The van der Waals surface area contributed by atoms with Crippen molar-refractivity contribution in [3.8, 4) is 0 Å². The SMILES string of the molecule is Cc1cc(C)c(NC(=O)[C@H](C)OC(=O)c2cc3ccccc3s2)c(C)c1. The third kappa shape index (κ3) is 3.78. The maximum atomic E-state index is 12.5. The number of rotatable bonds is 4. The topological polar surface area (TPSA) is 55.4 Å². The summed E-state index contributed by atoms with van der Waals surface area (Å²) in [6.45, 7) is 7.49. The van der Waals surface area contributed by atoms with Crippen molar-refractivity contribution in [2.24, 2.45) is 0 Å². The zero-order valence-electron chi connectivity index (χ0n) is 15.3. The summed E-state index contributed by atoms with van der Waals surface area (Å²) in [7, 11) is 0. The lowest BCUT2D eigenvalue weighted by Crippen LogP contribution is -2.30. The number of ether oxygens (including phenoxy) is 1. The standard InChI is InChI=1S/C21H21NO3S/c1-12-9-13(2)19(14(3)10-12)22-20(23)15(4)25-21(24)18-11-16-7-5-6-8-17(16)26-18/h5-11,15H,1-4H3,(H,22,23)/t15-/m0/s1. The second-order valence-electron chi connectivity index (χ2n) is 6.46. The molecule has 0 unspecified atom stereocenters. The molecule has 134 valence electrons. The number of nitrogens with one attached hydrogen (secondary N) is 1. The van der Waals surface area contributed by atoms with Crippen molar-refractivity contribution in [1.82, 2.24) is 0 Å². The summed E-state index contributed by atoms with van der Waals surface area (Å²) < 4.78 is 6.38. The monoisotopic (exact) mass is 367 g/mol. The third-order valence-electron chi connectivity index (χ3n) is 4.20. The van der Waals surface area contributed by atoms with Crippen LogP contribution in [0.25, 0.3) is 10.1 Å². The van der Waals surface area contributed by atoms with E-state index in [-0.39, 0.29) is 5.91 Å². The minimum absolute atomic E-state index is 0.338. The van der Waals surface area contributed by atoms with E-state index in [0.717, 1.165) is 32.5 Å². The van der Waals surface area contributed by atoms with Crippen molar-refractivity contribution < 1.29 is 14.3 Å². The number of carbonyl (C=O) groups excluding carboxylic acids is 2. The van der Waals surface area contributed by atoms with Crippen molar-refractivity contribution in [2.75, 3.05) is 5.32 Å². The van der Waals surface area contributed by atoms with Gasteiger partial charge in [-0.1, -0.05) is 35.9 Å². The van der Waals surface area contributed by atoms with Gasteiger partial charge in [-0.3, -0.25) is 4.79 Å². The van der Waals surface area contributed by atoms with E-state index in [2.05, 4.69) is 5.32 Å². The average Bonchev–Trinajstić information content (AvgIpc) is 3.02. The smallest absolute Gasteiger partial charge is 0.349 e. The molecule has 1 N–H and O–H groups in total. The number of hydrogen-bond acceptors (Lipinski definition) is 4. The van der Waals surface area contributed by atoms with Gasteiger partial charge in [0.1, 0.15) is 4.88 Å². The molecule has 3 aromatic rings. The van der Waals surface area contributed by atoms with Crippen LogP contribution in [0.15, 0.2) is 42.5 Å². The van der Waals surface area contributed by atoms with E-state index in [9.17, 15) is 9.59 Å². The molecule has 0 radical (unpaired) electrons. The van der Waals surface area contributed by atoms with Crippen molar-refractivity contribution in [3.63, 3.8) is 0 Å². The van der Waals surface area contributed by atoms with Crippen molar-refractivity contribution in [1.29, 1.82) is 0 Å². The van der Waals surface area contributed by atoms with E-state index >= 15 is 0 Å². The molecule has 1 atom stereocenters. The van der Waals surface area contributed by atoms with E-state index in [4.69, 9.17) is 4.74 Å². The fourth-order valence-corrected chi connectivity index (χ4v) is 3.90. The van der Waals surface area contributed by atoms with Gasteiger partial charge in [-0.05, 0) is 56.3 Å². The van der Waals surface area contributed by atoms with E-state index in [1.807, 2.05) is 57.2 Å². The normalized spacial score (nSPS) is 12.0. The van der Waals surface area contributed by atoms with Crippen LogP contribution in [0.4, 0.5) is 5.69 Å². The van der Waals surface area contributed by atoms with Crippen LogP contribution < -0.4 is 5.32 Å². The second kappa shape index (κ2) is 7.30. The van der Waals surface area contributed by atoms with Gasteiger partial charge < -0.3 is 10.1 Å². The van der Waals surface area contributed by atoms with Crippen LogP contribution in [-0.2, 0) is 9.53 Å². The van der Waals surface area contributed by atoms with E-state index in [1.165, 1.54) is 11.3 Å². The Morgan fingerprint density at radius 1 is 1.04 bits per heavy atom. The average molecular weight is 367 g/mol. The lowest BCUT2D eigenvalue weighted by molar-refractivity contribution is -0.123.